The van der Waals surface area contributed by atoms with E-state index in [0.29, 0.717) is 44.1 Å². The maximum absolute atomic E-state index is 13.1. The molecular weight excluding hydrogens is 344 g/mol. The van der Waals surface area contributed by atoms with Crippen LogP contribution in [0.5, 0.6) is 11.5 Å². The van der Waals surface area contributed by atoms with E-state index in [4.69, 9.17) is 9.47 Å². The Kier molecular flexibility index (Phi) is 4.33. The highest BCUT2D eigenvalue weighted by Gasteiger charge is 2.41. The quantitative estimate of drug-likeness (QED) is 0.804. The van der Waals surface area contributed by atoms with Crippen LogP contribution in [-0.4, -0.2) is 62.4 Å². The van der Waals surface area contributed by atoms with Crippen molar-refractivity contribution in [2.45, 2.75) is 36.6 Å². The van der Waals surface area contributed by atoms with Gasteiger partial charge in [-0.1, -0.05) is 0 Å². The Morgan fingerprint density at radius 1 is 1.00 bits per heavy atom. The number of hydrogen-bond acceptors (Lipinski definition) is 5. The molecule has 8 heteroatoms. The summed E-state index contributed by atoms with van der Waals surface area (Å²) in [6, 6.07) is 4.06. The predicted molar refractivity (Wildman–Crippen MR) is 90.2 cm³/mol. The van der Waals surface area contributed by atoms with Crippen molar-refractivity contribution >= 4 is 15.9 Å². The summed E-state index contributed by atoms with van der Waals surface area (Å²) in [5.74, 6) is 0.932. The molecule has 2 saturated heterocycles. The highest BCUT2D eigenvalue weighted by molar-refractivity contribution is 7.89. The molecule has 0 spiro atoms. The SMILES string of the molecule is O=C(C1CCCN1S(=O)(=O)c1ccc2c(c1)OCCO2)N1CCCC1. The van der Waals surface area contributed by atoms with Gasteiger partial charge in [-0.05, 0) is 37.8 Å². The van der Waals surface area contributed by atoms with E-state index in [1.165, 1.54) is 16.4 Å². The van der Waals surface area contributed by atoms with Gasteiger partial charge in [-0.15, -0.1) is 0 Å². The second-order valence-electron chi connectivity index (χ2n) is 6.61. The van der Waals surface area contributed by atoms with Crippen molar-refractivity contribution in [3.05, 3.63) is 18.2 Å². The number of likely N-dealkylation sites (tertiary alicyclic amines) is 1. The molecule has 3 aliphatic heterocycles. The molecule has 4 rings (SSSR count). The lowest BCUT2D eigenvalue weighted by atomic mass is 10.2. The van der Waals surface area contributed by atoms with Crippen LogP contribution < -0.4 is 9.47 Å². The minimum Gasteiger partial charge on any atom is -0.486 e. The van der Waals surface area contributed by atoms with Crippen LogP contribution >= 0.6 is 0 Å². The van der Waals surface area contributed by atoms with E-state index in [9.17, 15) is 13.2 Å². The number of ether oxygens (including phenoxy) is 2. The second kappa shape index (κ2) is 6.49. The molecule has 25 heavy (non-hydrogen) atoms. The standard InChI is InChI=1S/C17H22N2O5S/c20-17(18-7-1-2-8-18)14-4-3-9-19(14)25(21,22)13-5-6-15-16(12-13)24-11-10-23-15/h5-6,12,14H,1-4,7-11H2. The Labute approximate surface area is 147 Å². The minimum absolute atomic E-state index is 0.0591. The number of rotatable bonds is 3. The smallest absolute Gasteiger partial charge is 0.243 e. The Balaban J connectivity index is 1.61. The van der Waals surface area contributed by atoms with Crippen LogP contribution in [-0.2, 0) is 14.8 Å². The first kappa shape index (κ1) is 16.7. The van der Waals surface area contributed by atoms with Crippen molar-refractivity contribution in [2.24, 2.45) is 0 Å². The third kappa shape index (κ3) is 2.97. The van der Waals surface area contributed by atoms with E-state index < -0.39 is 16.1 Å². The van der Waals surface area contributed by atoms with Gasteiger partial charge in [0.1, 0.15) is 19.3 Å². The lowest BCUT2D eigenvalue weighted by Crippen LogP contribution is -2.46. The molecule has 1 unspecified atom stereocenters. The Hall–Kier alpha value is -1.80. The molecule has 1 aromatic carbocycles. The van der Waals surface area contributed by atoms with E-state index >= 15 is 0 Å². The highest BCUT2D eigenvalue weighted by Crippen LogP contribution is 2.35. The predicted octanol–water partition coefficient (Wildman–Crippen LogP) is 1.23. The zero-order valence-electron chi connectivity index (χ0n) is 14.0. The molecule has 3 heterocycles. The first-order valence-corrected chi connectivity index (χ1v) is 10.2. The molecule has 3 aliphatic rings. The molecule has 0 N–H and O–H groups in total. The minimum atomic E-state index is -3.75. The molecule has 7 nitrogen and oxygen atoms in total. The van der Waals surface area contributed by atoms with E-state index in [2.05, 4.69) is 0 Å². The van der Waals surface area contributed by atoms with E-state index in [-0.39, 0.29) is 10.8 Å². The molecule has 1 amide bonds. The normalized spacial score (nSPS) is 23.8. The first-order valence-electron chi connectivity index (χ1n) is 8.78. The van der Waals surface area contributed by atoms with Crippen LogP contribution in [0.1, 0.15) is 25.7 Å². The van der Waals surface area contributed by atoms with Gasteiger partial charge in [-0.3, -0.25) is 4.79 Å². The fraction of sp³-hybridized carbons (Fsp3) is 0.588. The Morgan fingerprint density at radius 2 is 1.72 bits per heavy atom. The Morgan fingerprint density at radius 3 is 2.48 bits per heavy atom. The average Bonchev–Trinajstić information content (AvgIpc) is 3.32. The Bertz CT molecular complexity index is 773. The summed E-state index contributed by atoms with van der Waals surface area (Å²) in [7, 11) is -3.75. The number of amides is 1. The summed E-state index contributed by atoms with van der Waals surface area (Å²) in [5.41, 5.74) is 0. The maximum atomic E-state index is 13.1. The maximum Gasteiger partial charge on any atom is 0.243 e. The van der Waals surface area contributed by atoms with Gasteiger partial charge in [0, 0.05) is 25.7 Å². The number of sulfonamides is 1. The topological polar surface area (TPSA) is 76.2 Å². The summed E-state index contributed by atoms with van der Waals surface area (Å²) in [6.07, 6.45) is 3.27. The molecule has 2 fully saturated rings. The molecular formula is C17H22N2O5S. The van der Waals surface area contributed by atoms with Crippen molar-refractivity contribution in [1.82, 2.24) is 9.21 Å². The van der Waals surface area contributed by atoms with Crippen molar-refractivity contribution in [1.29, 1.82) is 0 Å². The molecule has 1 aromatic rings. The number of nitrogens with zero attached hydrogens (tertiary/aromatic N) is 2. The summed E-state index contributed by atoms with van der Waals surface area (Å²) in [4.78, 5) is 14.7. The third-order valence-electron chi connectivity index (χ3n) is 5.03. The summed E-state index contributed by atoms with van der Waals surface area (Å²) in [5, 5.41) is 0. The highest BCUT2D eigenvalue weighted by atomic mass is 32.2. The van der Waals surface area contributed by atoms with E-state index in [0.717, 1.165) is 25.9 Å². The summed E-state index contributed by atoms with van der Waals surface area (Å²) in [6.45, 7) is 2.69. The van der Waals surface area contributed by atoms with Crippen LogP contribution in [0.25, 0.3) is 0 Å². The number of benzene rings is 1. The molecule has 0 aromatic heterocycles. The van der Waals surface area contributed by atoms with Crippen LogP contribution in [0.2, 0.25) is 0 Å². The van der Waals surface area contributed by atoms with Crippen LogP contribution in [0, 0.1) is 0 Å². The van der Waals surface area contributed by atoms with Crippen LogP contribution in [0.4, 0.5) is 0 Å². The summed E-state index contributed by atoms with van der Waals surface area (Å²) < 4.78 is 38.5. The van der Waals surface area contributed by atoms with Crippen molar-refractivity contribution in [3.8, 4) is 11.5 Å². The molecule has 136 valence electrons. The first-order chi connectivity index (χ1) is 12.1. The van der Waals surface area contributed by atoms with Gasteiger partial charge in [0.2, 0.25) is 15.9 Å². The molecule has 0 bridgehead atoms. The monoisotopic (exact) mass is 366 g/mol. The molecule has 0 aliphatic carbocycles. The van der Waals surface area contributed by atoms with Crippen molar-refractivity contribution < 1.29 is 22.7 Å². The molecule has 0 saturated carbocycles. The zero-order valence-corrected chi connectivity index (χ0v) is 14.8. The van der Waals surface area contributed by atoms with Crippen LogP contribution in [0.15, 0.2) is 23.1 Å². The number of carbonyl (C=O) groups is 1. The van der Waals surface area contributed by atoms with Gasteiger partial charge >= 0.3 is 0 Å². The van der Waals surface area contributed by atoms with Gasteiger partial charge in [-0.25, -0.2) is 8.42 Å². The number of fused-ring (bicyclic) bond motifs is 1. The van der Waals surface area contributed by atoms with Gasteiger partial charge in [-0.2, -0.15) is 4.31 Å². The summed E-state index contributed by atoms with van der Waals surface area (Å²) >= 11 is 0. The number of hydrogen-bond donors (Lipinski definition) is 0. The van der Waals surface area contributed by atoms with Gasteiger partial charge in [0.15, 0.2) is 11.5 Å². The largest absolute Gasteiger partial charge is 0.486 e. The lowest BCUT2D eigenvalue weighted by molar-refractivity contribution is -0.133. The average molecular weight is 366 g/mol. The lowest BCUT2D eigenvalue weighted by Gasteiger charge is -2.27. The fourth-order valence-electron chi connectivity index (χ4n) is 3.74. The second-order valence-corrected chi connectivity index (χ2v) is 8.50. The zero-order chi connectivity index (χ0) is 17.4. The van der Waals surface area contributed by atoms with Crippen molar-refractivity contribution in [3.63, 3.8) is 0 Å². The van der Waals surface area contributed by atoms with Gasteiger partial charge < -0.3 is 14.4 Å². The van der Waals surface area contributed by atoms with E-state index in [1.807, 2.05) is 0 Å². The molecule has 1 atom stereocenters. The van der Waals surface area contributed by atoms with Crippen molar-refractivity contribution in [2.75, 3.05) is 32.8 Å². The molecule has 0 radical (unpaired) electrons. The van der Waals surface area contributed by atoms with Crippen LogP contribution in [0.3, 0.4) is 0 Å². The van der Waals surface area contributed by atoms with Gasteiger partial charge in [0.05, 0.1) is 4.90 Å². The van der Waals surface area contributed by atoms with E-state index in [1.54, 1.807) is 11.0 Å². The number of carbonyl (C=O) groups excluding carboxylic acids is 1. The fourth-order valence-corrected chi connectivity index (χ4v) is 5.41. The third-order valence-corrected chi connectivity index (χ3v) is 6.93. The van der Waals surface area contributed by atoms with Gasteiger partial charge in [0.25, 0.3) is 0 Å².